The third kappa shape index (κ3) is 1.79. The quantitative estimate of drug-likeness (QED) is 0.745. The molecule has 0 radical (unpaired) electrons. The van der Waals surface area contributed by atoms with E-state index < -0.39 is 0 Å². The highest BCUT2D eigenvalue weighted by Crippen LogP contribution is 2.28. The standard InChI is InChI=1S/C15H14N2O/c1-10-2-5-12(6-3-10)15-13-7-4-11(9-16)8-14(13)18-17-15/h2-8H,9,16H2,1H3. The van der Waals surface area contributed by atoms with Crippen LogP contribution in [0.1, 0.15) is 11.1 Å². The van der Waals surface area contributed by atoms with Crippen molar-refractivity contribution in [3.63, 3.8) is 0 Å². The van der Waals surface area contributed by atoms with Crippen LogP contribution in [-0.2, 0) is 6.54 Å². The highest BCUT2D eigenvalue weighted by atomic mass is 16.5. The number of nitrogens with two attached hydrogens (primary N) is 1. The topological polar surface area (TPSA) is 52.0 Å². The summed E-state index contributed by atoms with van der Waals surface area (Å²) >= 11 is 0. The Morgan fingerprint density at radius 2 is 1.89 bits per heavy atom. The van der Waals surface area contributed by atoms with Gasteiger partial charge in [0.1, 0.15) is 5.69 Å². The maximum atomic E-state index is 5.61. The maximum absolute atomic E-state index is 5.61. The largest absolute Gasteiger partial charge is 0.356 e. The van der Waals surface area contributed by atoms with Crippen LogP contribution < -0.4 is 5.73 Å². The zero-order valence-corrected chi connectivity index (χ0v) is 10.2. The van der Waals surface area contributed by atoms with Gasteiger partial charge in [-0.2, -0.15) is 0 Å². The van der Waals surface area contributed by atoms with Gasteiger partial charge in [0.25, 0.3) is 0 Å². The van der Waals surface area contributed by atoms with Gasteiger partial charge in [-0.1, -0.05) is 41.1 Å². The summed E-state index contributed by atoms with van der Waals surface area (Å²) in [6.45, 7) is 2.58. The summed E-state index contributed by atoms with van der Waals surface area (Å²) < 4.78 is 5.37. The summed E-state index contributed by atoms with van der Waals surface area (Å²) in [6.07, 6.45) is 0. The summed E-state index contributed by atoms with van der Waals surface area (Å²) in [5.41, 5.74) is 10.6. The molecule has 90 valence electrons. The van der Waals surface area contributed by atoms with E-state index in [1.165, 1.54) is 5.56 Å². The van der Waals surface area contributed by atoms with Crippen molar-refractivity contribution in [2.24, 2.45) is 5.73 Å². The van der Waals surface area contributed by atoms with E-state index in [9.17, 15) is 0 Å². The van der Waals surface area contributed by atoms with E-state index in [1.54, 1.807) is 0 Å². The summed E-state index contributed by atoms with van der Waals surface area (Å²) in [7, 11) is 0. The first-order valence-corrected chi connectivity index (χ1v) is 5.93. The number of nitrogens with zero attached hydrogens (tertiary/aromatic N) is 1. The third-order valence-electron chi connectivity index (χ3n) is 3.10. The Labute approximate surface area is 105 Å². The Kier molecular flexibility index (Phi) is 2.61. The van der Waals surface area contributed by atoms with Crippen LogP contribution in [0, 0.1) is 6.92 Å². The number of aromatic nitrogens is 1. The predicted octanol–water partition coefficient (Wildman–Crippen LogP) is 3.26. The second-order valence-electron chi connectivity index (χ2n) is 4.43. The molecule has 0 spiro atoms. The van der Waals surface area contributed by atoms with Crippen molar-refractivity contribution >= 4 is 11.0 Å². The van der Waals surface area contributed by atoms with Crippen LogP contribution in [-0.4, -0.2) is 5.16 Å². The van der Waals surface area contributed by atoms with Gasteiger partial charge in [0.2, 0.25) is 0 Å². The normalized spacial score (nSPS) is 11.0. The zero-order chi connectivity index (χ0) is 12.5. The first-order chi connectivity index (χ1) is 8.78. The molecule has 18 heavy (non-hydrogen) atoms. The van der Waals surface area contributed by atoms with Crippen LogP contribution in [0.4, 0.5) is 0 Å². The van der Waals surface area contributed by atoms with E-state index in [2.05, 4.69) is 36.3 Å². The zero-order valence-electron chi connectivity index (χ0n) is 10.2. The van der Waals surface area contributed by atoms with Crippen molar-refractivity contribution in [1.29, 1.82) is 0 Å². The second-order valence-corrected chi connectivity index (χ2v) is 4.43. The number of aryl methyl sites for hydroxylation is 1. The molecule has 3 heteroatoms. The summed E-state index contributed by atoms with van der Waals surface area (Å²) in [6, 6.07) is 14.2. The molecule has 0 saturated carbocycles. The van der Waals surface area contributed by atoms with Crippen molar-refractivity contribution in [3.8, 4) is 11.3 Å². The molecule has 0 saturated heterocycles. The van der Waals surface area contributed by atoms with Gasteiger partial charge in [0.05, 0.1) is 0 Å². The number of benzene rings is 2. The molecule has 3 nitrogen and oxygen atoms in total. The highest BCUT2D eigenvalue weighted by Gasteiger charge is 2.10. The van der Waals surface area contributed by atoms with Gasteiger partial charge in [-0.05, 0) is 24.6 Å². The Hall–Kier alpha value is -2.13. The Bertz CT molecular complexity index is 683. The van der Waals surface area contributed by atoms with Gasteiger partial charge < -0.3 is 10.3 Å². The minimum absolute atomic E-state index is 0.510. The van der Waals surface area contributed by atoms with Crippen LogP contribution in [0.25, 0.3) is 22.2 Å². The molecule has 0 fully saturated rings. The summed E-state index contributed by atoms with van der Waals surface area (Å²) in [5, 5.41) is 5.18. The van der Waals surface area contributed by atoms with E-state index >= 15 is 0 Å². The van der Waals surface area contributed by atoms with Crippen LogP contribution in [0.2, 0.25) is 0 Å². The van der Waals surface area contributed by atoms with Crippen LogP contribution in [0.15, 0.2) is 47.0 Å². The lowest BCUT2D eigenvalue weighted by molar-refractivity contribution is 0.459. The molecule has 0 aliphatic heterocycles. The number of rotatable bonds is 2. The molecule has 0 aliphatic rings. The van der Waals surface area contributed by atoms with E-state index in [0.717, 1.165) is 27.8 Å². The molecule has 2 aromatic carbocycles. The monoisotopic (exact) mass is 238 g/mol. The maximum Gasteiger partial charge on any atom is 0.167 e. The van der Waals surface area contributed by atoms with Crippen molar-refractivity contribution < 1.29 is 4.52 Å². The minimum Gasteiger partial charge on any atom is -0.356 e. The first-order valence-electron chi connectivity index (χ1n) is 5.93. The van der Waals surface area contributed by atoms with Gasteiger partial charge in [0.15, 0.2) is 5.58 Å². The Morgan fingerprint density at radius 3 is 2.61 bits per heavy atom. The second kappa shape index (κ2) is 4.27. The fourth-order valence-corrected chi connectivity index (χ4v) is 2.03. The van der Waals surface area contributed by atoms with E-state index in [0.29, 0.717) is 6.54 Å². The lowest BCUT2D eigenvalue weighted by Crippen LogP contribution is -1.94. The van der Waals surface area contributed by atoms with E-state index in [1.807, 2.05) is 18.2 Å². The van der Waals surface area contributed by atoms with Crippen molar-refractivity contribution in [2.75, 3.05) is 0 Å². The molecule has 1 heterocycles. The third-order valence-corrected chi connectivity index (χ3v) is 3.10. The minimum atomic E-state index is 0.510. The molecule has 0 aliphatic carbocycles. The summed E-state index contributed by atoms with van der Waals surface area (Å²) in [5.74, 6) is 0. The average Bonchev–Trinajstić information content (AvgIpc) is 2.82. The van der Waals surface area contributed by atoms with Crippen molar-refractivity contribution in [3.05, 3.63) is 53.6 Å². The lowest BCUT2D eigenvalue weighted by atomic mass is 10.1. The molecule has 2 N–H and O–H groups in total. The number of hydrogen-bond donors (Lipinski definition) is 1. The van der Waals surface area contributed by atoms with Crippen molar-refractivity contribution in [2.45, 2.75) is 13.5 Å². The molecular formula is C15H14N2O. The van der Waals surface area contributed by atoms with Gasteiger partial charge in [-0.25, -0.2) is 0 Å². The van der Waals surface area contributed by atoms with Gasteiger partial charge in [0, 0.05) is 17.5 Å². The summed E-state index contributed by atoms with van der Waals surface area (Å²) in [4.78, 5) is 0. The average molecular weight is 238 g/mol. The molecule has 0 bridgehead atoms. The molecule has 1 aromatic heterocycles. The fourth-order valence-electron chi connectivity index (χ4n) is 2.03. The molecule has 0 unspecified atom stereocenters. The van der Waals surface area contributed by atoms with Gasteiger partial charge in [-0.3, -0.25) is 0 Å². The first kappa shape index (κ1) is 11.0. The Balaban J connectivity index is 2.15. The highest BCUT2D eigenvalue weighted by molar-refractivity contribution is 5.91. The van der Waals surface area contributed by atoms with E-state index in [4.69, 9.17) is 10.3 Å². The number of hydrogen-bond acceptors (Lipinski definition) is 3. The molecule has 3 aromatic rings. The van der Waals surface area contributed by atoms with Crippen LogP contribution in [0.5, 0.6) is 0 Å². The molecule has 3 rings (SSSR count). The van der Waals surface area contributed by atoms with Crippen LogP contribution in [0.3, 0.4) is 0 Å². The SMILES string of the molecule is Cc1ccc(-c2noc3cc(CN)ccc23)cc1. The smallest absolute Gasteiger partial charge is 0.167 e. The fraction of sp³-hybridized carbons (Fsp3) is 0.133. The van der Waals surface area contributed by atoms with E-state index in [-0.39, 0.29) is 0 Å². The van der Waals surface area contributed by atoms with Gasteiger partial charge >= 0.3 is 0 Å². The van der Waals surface area contributed by atoms with Gasteiger partial charge in [-0.15, -0.1) is 0 Å². The lowest BCUT2D eigenvalue weighted by Gasteiger charge is -1.98. The Morgan fingerprint density at radius 1 is 1.11 bits per heavy atom. The predicted molar refractivity (Wildman–Crippen MR) is 72.1 cm³/mol. The number of fused-ring (bicyclic) bond motifs is 1. The molecule has 0 atom stereocenters. The van der Waals surface area contributed by atoms with Crippen LogP contribution >= 0.6 is 0 Å². The molecular weight excluding hydrogens is 224 g/mol. The van der Waals surface area contributed by atoms with Crippen molar-refractivity contribution in [1.82, 2.24) is 5.16 Å². The molecule has 0 amide bonds.